The highest BCUT2D eigenvalue weighted by molar-refractivity contribution is 6.09. The summed E-state index contributed by atoms with van der Waals surface area (Å²) in [6.45, 7) is 16.5. The summed E-state index contributed by atoms with van der Waals surface area (Å²) >= 11 is 0. The molecule has 0 unspecified atom stereocenters. The molecule has 2 aromatic heterocycles. The average molecular weight is 763 g/mol. The molecule has 0 atom stereocenters. The number of anilines is 3. The van der Waals surface area contributed by atoms with Gasteiger partial charge < -0.3 is 29.9 Å². The van der Waals surface area contributed by atoms with Crippen LogP contribution in [-0.4, -0.2) is 85.9 Å². The molecule has 8 rings (SSSR count). The highest BCUT2D eigenvalue weighted by Crippen LogP contribution is 2.52. The van der Waals surface area contributed by atoms with Crippen molar-refractivity contribution in [1.82, 2.24) is 29.7 Å². The minimum atomic E-state index is -0.671. The van der Waals surface area contributed by atoms with Gasteiger partial charge in [-0.2, -0.15) is 0 Å². The van der Waals surface area contributed by atoms with Crippen LogP contribution in [0.2, 0.25) is 0 Å². The number of aryl methyl sites for hydroxylation is 1. The number of piperidine rings is 2. The fourth-order valence-electron chi connectivity index (χ4n) is 9.39. The molecule has 5 heterocycles. The Hall–Kier alpha value is -4.84. The van der Waals surface area contributed by atoms with Crippen molar-refractivity contribution in [3.63, 3.8) is 0 Å². The standard InChI is InChI=1S/C44H55FN8O3/c1-26(2)52-25-46-37-24-35(47-40(39(37)52)48-36-23-32(27(3)19-34(36)45)41(55)49-43(5,6)7)29-11-12-33-38(20-29)53(31-21-30(22-31)51-15-9-8-10-16-51)42(56)44(33)13-17-50(18-14-44)28(4)54/h11-12,19-20,23-26,30-31H,8-10,13-18,21-22H2,1-7H3,(H,47,48)(H,49,55). The minimum Gasteiger partial charge on any atom is -0.347 e. The number of nitrogens with one attached hydrogen (secondary N) is 2. The van der Waals surface area contributed by atoms with Gasteiger partial charge in [-0.05, 0) is 129 Å². The lowest BCUT2D eigenvalue weighted by atomic mass is 9.73. The van der Waals surface area contributed by atoms with Gasteiger partial charge in [0.15, 0.2) is 5.82 Å². The summed E-state index contributed by atoms with van der Waals surface area (Å²) in [5.41, 5.74) is 4.73. The number of nitrogens with zero attached hydrogens (tertiary/aromatic N) is 6. The SMILES string of the molecule is CC(=O)N1CCC2(CC1)C(=O)N(C1CC(N3CCCCC3)C1)c1cc(-c3cc4ncn(C(C)C)c4c(Nc4cc(C(=O)NC(C)(C)C)c(C)cc4F)n3)ccc12. The number of benzene rings is 2. The Morgan fingerprint density at radius 2 is 1.68 bits per heavy atom. The van der Waals surface area contributed by atoms with Gasteiger partial charge in [-0.25, -0.2) is 14.4 Å². The maximum Gasteiger partial charge on any atom is 0.252 e. The molecule has 3 fully saturated rings. The lowest BCUT2D eigenvalue weighted by Gasteiger charge is -2.48. The molecule has 2 saturated heterocycles. The monoisotopic (exact) mass is 762 g/mol. The lowest BCUT2D eigenvalue weighted by molar-refractivity contribution is -0.134. The normalized spacial score (nSPS) is 21.1. The maximum atomic E-state index is 15.8. The van der Waals surface area contributed by atoms with Crippen molar-refractivity contribution in [2.75, 3.05) is 36.4 Å². The van der Waals surface area contributed by atoms with Crippen LogP contribution in [0.15, 0.2) is 42.7 Å². The van der Waals surface area contributed by atoms with E-state index < -0.39 is 16.8 Å². The van der Waals surface area contributed by atoms with E-state index in [0.29, 0.717) is 60.1 Å². The number of hydrogen-bond donors (Lipinski definition) is 2. The zero-order chi connectivity index (χ0) is 39.7. The first-order chi connectivity index (χ1) is 26.6. The van der Waals surface area contributed by atoms with Crippen molar-refractivity contribution >= 4 is 45.9 Å². The summed E-state index contributed by atoms with van der Waals surface area (Å²) in [5, 5.41) is 6.26. The average Bonchev–Trinajstić information content (AvgIpc) is 3.66. The topological polar surface area (TPSA) is 116 Å². The quantitative estimate of drug-likeness (QED) is 0.199. The molecule has 11 nitrogen and oxygen atoms in total. The van der Waals surface area contributed by atoms with Gasteiger partial charge in [0.1, 0.15) is 11.3 Å². The number of hydrogen-bond acceptors (Lipinski definition) is 7. The van der Waals surface area contributed by atoms with Crippen LogP contribution < -0.4 is 15.5 Å². The third-order valence-electron chi connectivity index (χ3n) is 12.5. The molecular weight excluding hydrogens is 708 g/mol. The van der Waals surface area contributed by atoms with Gasteiger partial charge in [0.05, 0.1) is 28.6 Å². The van der Waals surface area contributed by atoms with Crippen LogP contribution in [0, 0.1) is 12.7 Å². The number of carbonyl (C=O) groups excluding carboxylic acids is 3. The Bertz CT molecular complexity index is 2200. The predicted molar refractivity (Wildman–Crippen MR) is 218 cm³/mol. The van der Waals surface area contributed by atoms with E-state index in [2.05, 4.69) is 46.4 Å². The van der Waals surface area contributed by atoms with Crippen molar-refractivity contribution < 1.29 is 18.8 Å². The predicted octanol–water partition coefficient (Wildman–Crippen LogP) is 7.64. The summed E-state index contributed by atoms with van der Waals surface area (Å²) in [7, 11) is 0. The van der Waals surface area contributed by atoms with E-state index in [1.54, 1.807) is 26.2 Å². The fraction of sp³-hybridized carbons (Fsp3) is 0.523. The maximum absolute atomic E-state index is 15.8. The zero-order valence-electron chi connectivity index (χ0n) is 33.8. The number of fused-ring (bicyclic) bond motifs is 3. The molecule has 56 heavy (non-hydrogen) atoms. The number of carbonyl (C=O) groups is 3. The van der Waals surface area contributed by atoms with Crippen LogP contribution in [0.25, 0.3) is 22.3 Å². The van der Waals surface area contributed by atoms with Gasteiger partial charge in [0.25, 0.3) is 5.91 Å². The molecular formula is C44H55FN8O3. The molecule has 3 amide bonds. The first kappa shape index (κ1) is 38.1. The van der Waals surface area contributed by atoms with E-state index in [4.69, 9.17) is 9.97 Å². The van der Waals surface area contributed by atoms with Crippen LogP contribution in [0.1, 0.15) is 114 Å². The van der Waals surface area contributed by atoms with E-state index in [1.807, 2.05) is 42.4 Å². The highest BCUT2D eigenvalue weighted by Gasteiger charge is 2.55. The van der Waals surface area contributed by atoms with Crippen molar-refractivity contribution in [1.29, 1.82) is 0 Å². The minimum absolute atomic E-state index is 0.0433. The number of pyridine rings is 1. The summed E-state index contributed by atoms with van der Waals surface area (Å²) in [6, 6.07) is 11.8. The van der Waals surface area contributed by atoms with Crippen molar-refractivity contribution in [3.8, 4) is 11.3 Å². The largest absolute Gasteiger partial charge is 0.347 e. The number of aromatic nitrogens is 3. The Kier molecular flexibility index (Phi) is 9.70. The molecule has 1 saturated carbocycles. The molecule has 1 spiro atoms. The molecule has 1 aliphatic carbocycles. The smallest absolute Gasteiger partial charge is 0.252 e. The summed E-state index contributed by atoms with van der Waals surface area (Å²) in [4.78, 5) is 56.9. The van der Waals surface area contributed by atoms with Crippen LogP contribution in [0.4, 0.5) is 21.6 Å². The number of amides is 3. The van der Waals surface area contributed by atoms with Crippen molar-refractivity contribution in [2.24, 2.45) is 0 Å². The summed E-state index contributed by atoms with van der Waals surface area (Å²) in [6.07, 6.45) is 8.63. The first-order valence-corrected chi connectivity index (χ1v) is 20.4. The van der Waals surface area contributed by atoms with Gasteiger partial charge in [0, 0.05) is 60.5 Å². The second kappa shape index (κ2) is 14.3. The van der Waals surface area contributed by atoms with E-state index >= 15 is 4.39 Å². The summed E-state index contributed by atoms with van der Waals surface area (Å²) < 4.78 is 17.8. The fourth-order valence-corrected chi connectivity index (χ4v) is 9.39. The first-order valence-electron chi connectivity index (χ1n) is 20.4. The highest BCUT2D eigenvalue weighted by atomic mass is 19.1. The molecule has 4 aromatic rings. The molecule has 4 aliphatic rings. The van der Waals surface area contributed by atoms with Gasteiger partial charge >= 0.3 is 0 Å². The van der Waals surface area contributed by atoms with Gasteiger partial charge in [-0.1, -0.05) is 18.6 Å². The van der Waals surface area contributed by atoms with Gasteiger partial charge in [-0.3, -0.25) is 14.4 Å². The van der Waals surface area contributed by atoms with E-state index in [0.717, 1.165) is 48.3 Å². The van der Waals surface area contributed by atoms with Crippen molar-refractivity contribution in [3.05, 3.63) is 65.2 Å². The van der Waals surface area contributed by atoms with Crippen LogP contribution >= 0.6 is 0 Å². The number of rotatable bonds is 7. The van der Waals surface area contributed by atoms with Crippen LogP contribution in [0.5, 0.6) is 0 Å². The zero-order valence-corrected chi connectivity index (χ0v) is 33.8. The van der Waals surface area contributed by atoms with E-state index in [1.165, 1.54) is 25.3 Å². The number of imidazole rings is 1. The van der Waals surface area contributed by atoms with E-state index in [9.17, 15) is 14.4 Å². The second-order valence-electron chi connectivity index (χ2n) is 17.8. The van der Waals surface area contributed by atoms with Crippen molar-refractivity contribution in [2.45, 2.75) is 122 Å². The Morgan fingerprint density at radius 3 is 2.34 bits per heavy atom. The second-order valence-corrected chi connectivity index (χ2v) is 17.8. The Labute approximate surface area is 329 Å². The molecule has 12 heteroatoms. The molecule has 2 aromatic carbocycles. The van der Waals surface area contributed by atoms with Crippen LogP contribution in [-0.2, 0) is 15.0 Å². The third kappa shape index (κ3) is 6.73. The Morgan fingerprint density at radius 1 is 0.964 bits per heavy atom. The Balaban J connectivity index is 1.19. The number of halogens is 1. The molecule has 2 N–H and O–H groups in total. The lowest BCUT2D eigenvalue weighted by Crippen LogP contribution is -2.58. The van der Waals surface area contributed by atoms with Gasteiger partial charge in [-0.15, -0.1) is 0 Å². The third-order valence-corrected chi connectivity index (χ3v) is 12.5. The van der Waals surface area contributed by atoms with E-state index in [-0.39, 0.29) is 35.5 Å². The molecule has 296 valence electrons. The molecule has 3 aliphatic heterocycles. The molecule has 0 radical (unpaired) electrons. The van der Waals surface area contributed by atoms with Gasteiger partial charge in [0.2, 0.25) is 11.8 Å². The molecule has 0 bridgehead atoms. The summed E-state index contributed by atoms with van der Waals surface area (Å²) in [5.74, 6) is -0.174. The van der Waals surface area contributed by atoms with Crippen LogP contribution in [0.3, 0.4) is 0 Å². The number of likely N-dealkylation sites (tertiary alicyclic amines) is 2.